The Morgan fingerprint density at radius 2 is 0.737 bits per heavy atom. The van der Waals surface area contributed by atoms with Crippen molar-refractivity contribution in [1.82, 2.24) is 0 Å². The van der Waals surface area contributed by atoms with Crippen molar-refractivity contribution in [3.63, 3.8) is 0 Å². The summed E-state index contributed by atoms with van der Waals surface area (Å²) in [5.74, 6) is -4.59. The van der Waals surface area contributed by atoms with Gasteiger partial charge in [-0.05, 0) is 48.5 Å². The molecule has 0 amide bonds. The number of phenols is 2. The minimum absolute atomic E-state index is 0.0253. The van der Waals surface area contributed by atoms with E-state index in [2.05, 4.69) is 0 Å². The first kappa shape index (κ1) is 27.0. The molecular formula is C28H20O10. The van der Waals surface area contributed by atoms with Crippen molar-refractivity contribution < 1.29 is 49.1 Å². The number of phenolic OH excluding ortho intramolecular Hbond substituents is 2. The second-order valence-electron chi connectivity index (χ2n) is 7.42. The summed E-state index contributed by atoms with van der Waals surface area (Å²) < 4.78 is 9.99. The molecule has 4 aromatic rings. The van der Waals surface area contributed by atoms with E-state index in [-0.39, 0.29) is 45.3 Å². The summed E-state index contributed by atoms with van der Waals surface area (Å²) in [5, 5.41) is 37.0. The molecule has 38 heavy (non-hydrogen) atoms. The molecule has 0 aliphatic rings. The SMILES string of the molecule is O=C(Oc1ccccc1C(=O)O)c1ccccc1O.O=C(Oc1ccccc1C(=O)O)c1ccccc1O. The predicted octanol–water partition coefficient (Wildman–Crippen LogP) is 4.62. The van der Waals surface area contributed by atoms with Crippen LogP contribution < -0.4 is 9.47 Å². The van der Waals surface area contributed by atoms with Crippen LogP contribution in [0.1, 0.15) is 41.4 Å². The molecule has 0 aliphatic heterocycles. The summed E-state index contributed by atoms with van der Waals surface area (Å²) in [6.07, 6.45) is 0. The highest BCUT2D eigenvalue weighted by molar-refractivity contribution is 5.97. The van der Waals surface area contributed by atoms with Crippen LogP contribution in [0.3, 0.4) is 0 Å². The van der Waals surface area contributed by atoms with Crippen LogP contribution in [0.25, 0.3) is 0 Å². The Labute approximate surface area is 215 Å². The number of hydrogen-bond donors (Lipinski definition) is 4. The zero-order valence-corrected chi connectivity index (χ0v) is 19.5. The van der Waals surface area contributed by atoms with E-state index in [0.29, 0.717) is 0 Å². The normalized spacial score (nSPS) is 9.89. The summed E-state index contributed by atoms with van der Waals surface area (Å²) >= 11 is 0. The molecule has 4 rings (SSSR count). The van der Waals surface area contributed by atoms with Crippen LogP contribution >= 0.6 is 0 Å². The van der Waals surface area contributed by atoms with Crippen LogP contribution in [0.4, 0.5) is 0 Å². The van der Waals surface area contributed by atoms with E-state index in [1.54, 1.807) is 36.4 Å². The molecule has 4 N–H and O–H groups in total. The third-order valence-corrected chi connectivity index (χ3v) is 4.89. The first-order chi connectivity index (χ1) is 18.2. The standard InChI is InChI=1S/2C14H10O5/c2*15-11-7-3-1-5-9(11)14(18)19-12-8-4-2-6-10(12)13(16)17/h2*1-8,15H,(H,16,17). The molecule has 0 saturated carbocycles. The van der Waals surface area contributed by atoms with E-state index in [1.165, 1.54) is 60.7 Å². The van der Waals surface area contributed by atoms with Crippen molar-refractivity contribution in [2.75, 3.05) is 0 Å². The maximum atomic E-state index is 11.8. The van der Waals surface area contributed by atoms with Crippen molar-refractivity contribution in [2.24, 2.45) is 0 Å². The van der Waals surface area contributed by atoms with Gasteiger partial charge in [-0.15, -0.1) is 0 Å². The third-order valence-electron chi connectivity index (χ3n) is 4.89. The molecule has 0 radical (unpaired) electrons. The van der Waals surface area contributed by atoms with Gasteiger partial charge in [-0.2, -0.15) is 0 Å². The number of rotatable bonds is 6. The zero-order valence-electron chi connectivity index (χ0n) is 19.5. The van der Waals surface area contributed by atoms with Gasteiger partial charge in [0.1, 0.15) is 45.3 Å². The summed E-state index contributed by atoms with van der Waals surface area (Å²) in [5.41, 5.74) is -0.289. The molecule has 192 valence electrons. The van der Waals surface area contributed by atoms with Crippen LogP contribution in [0.15, 0.2) is 97.1 Å². The Morgan fingerprint density at radius 1 is 0.447 bits per heavy atom. The number of carbonyl (C=O) groups is 4. The molecule has 0 unspecified atom stereocenters. The number of aromatic hydroxyl groups is 2. The Kier molecular flexibility index (Phi) is 8.77. The van der Waals surface area contributed by atoms with Crippen molar-refractivity contribution >= 4 is 23.9 Å². The van der Waals surface area contributed by atoms with E-state index < -0.39 is 23.9 Å². The molecule has 0 heterocycles. The van der Waals surface area contributed by atoms with Gasteiger partial charge in [0.2, 0.25) is 0 Å². The van der Waals surface area contributed by atoms with Gasteiger partial charge in [0.25, 0.3) is 0 Å². The fraction of sp³-hybridized carbons (Fsp3) is 0. The first-order valence-corrected chi connectivity index (χ1v) is 10.8. The molecule has 0 aliphatic carbocycles. The minimum atomic E-state index is -1.19. The van der Waals surface area contributed by atoms with Crippen molar-refractivity contribution in [3.8, 4) is 23.0 Å². The number of carboxylic acid groups (broad SMARTS) is 2. The number of carbonyl (C=O) groups excluding carboxylic acids is 2. The monoisotopic (exact) mass is 516 g/mol. The Bertz CT molecular complexity index is 1380. The van der Waals surface area contributed by atoms with Crippen LogP contribution in [0.2, 0.25) is 0 Å². The second kappa shape index (κ2) is 12.4. The topological polar surface area (TPSA) is 168 Å². The summed E-state index contributed by atoms with van der Waals surface area (Å²) in [6, 6.07) is 23.3. The average Bonchev–Trinajstić information content (AvgIpc) is 2.90. The van der Waals surface area contributed by atoms with Crippen LogP contribution in [-0.2, 0) is 0 Å². The van der Waals surface area contributed by atoms with Gasteiger partial charge in [0, 0.05) is 0 Å². The summed E-state index contributed by atoms with van der Waals surface area (Å²) in [7, 11) is 0. The molecule has 0 spiro atoms. The molecule has 0 atom stereocenters. The zero-order chi connectivity index (χ0) is 27.7. The minimum Gasteiger partial charge on any atom is -0.507 e. The summed E-state index contributed by atoms with van der Waals surface area (Å²) in [4.78, 5) is 45.6. The smallest absolute Gasteiger partial charge is 0.347 e. The van der Waals surface area contributed by atoms with E-state index in [0.717, 1.165) is 0 Å². The highest BCUT2D eigenvalue weighted by Crippen LogP contribution is 2.23. The molecule has 4 aromatic carbocycles. The largest absolute Gasteiger partial charge is 0.507 e. The van der Waals surface area contributed by atoms with Gasteiger partial charge in [0.15, 0.2) is 0 Å². The Balaban J connectivity index is 0.000000211. The highest BCUT2D eigenvalue weighted by Gasteiger charge is 2.18. The second-order valence-corrected chi connectivity index (χ2v) is 7.42. The number of esters is 2. The first-order valence-electron chi connectivity index (χ1n) is 10.8. The Hall–Kier alpha value is -5.64. The lowest BCUT2D eigenvalue weighted by atomic mass is 10.2. The number of aromatic carboxylic acids is 2. The molecule has 0 saturated heterocycles. The molecule has 0 fully saturated rings. The van der Waals surface area contributed by atoms with E-state index in [1.807, 2.05) is 0 Å². The van der Waals surface area contributed by atoms with Crippen molar-refractivity contribution in [2.45, 2.75) is 0 Å². The lowest BCUT2D eigenvalue weighted by Gasteiger charge is -2.07. The fourth-order valence-corrected chi connectivity index (χ4v) is 3.07. The van der Waals surface area contributed by atoms with Crippen LogP contribution in [-0.4, -0.2) is 44.3 Å². The lowest BCUT2D eigenvalue weighted by Crippen LogP contribution is -2.11. The molecule has 10 heteroatoms. The number of benzene rings is 4. The average molecular weight is 516 g/mol. The van der Waals surface area contributed by atoms with Gasteiger partial charge in [-0.3, -0.25) is 0 Å². The third kappa shape index (κ3) is 6.73. The molecule has 0 bridgehead atoms. The van der Waals surface area contributed by atoms with Gasteiger partial charge in [-0.25, -0.2) is 19.2 Å². The lowest BCUT2D eigenvalue weighted by molar-refractivity contribution is 0.0661. The van der Waals surface area contributed by atoms with E-state index >= 15 is 0 Å². The number of para-hydroxylation sites is 4. The quantitative estimate of drug-likeness (QED) is 0.210. The molecular weight excluding hydrogens is 496 g/mol. The number of hydrogen-bond acceptors (Lipinski definition) is 8. The van der Waals surface area contributed by atoms with E-state index in [4.69, 9.17) is 19.7 Å². The van der Waals surface area contributed by atoms with Gasteiger partial charge >= 0.3 is 23.9 Å². The van der Waals surface area contributed by atoms with Gasteiger partial charge in [-0.1, -0.05) is 48.5 Å². The van der Waals surface area contributed by atoms with Gasteiger partial charge < -0.3 is 29.9 Å². The molecule has 0 aromatic heterocycles. The fourth-order valence-electron chi connectivity index (χ4n) is 3.07. The van der Waals surface area contributed by atoms with E-state index in [9.17, 15) is 29.4 Å². The number of ether oxygens (including phenoxy) is 2. The maximum absolute atomic E-state index is 11.8. The maximum Gasteiger partial charge on any atom is 0.347 e. The van der Waals surface area contributed by atoms with Crippen molar-refractivity contribution in [1.29, 1.82) is 0 Å². The highest BCUT2D eigenvalue weighted by atomic mass is 16.5. The van der Waals surface area contributed by atoms with Crippen molar-refractivity contribution in [3.05, 3.63) is 119 Å². The molecule has 10 nitrogen and oxygen atoms in total. The van der Waals surface area contributed by atoms with Crippen LogP contribution in [0, 0.1) is 0 Å². The number of carboxylic acids is 2. The summed E-state index contributed by atoms with van der Waals surface area (Å²) in [6.45, 7) is 0. The van der Waals surface area contributed by atoms with Crippen LogP contribution in [0.5, 0.6) is 23.0 Å². The van der Waals surface area contributed by atoms with Gasteiger partial charge in [0.05, 0.1) is 0 Å². The Morgan fingerprint density at radius 3 is 1.05 bits per heavy atom. The predicted molar refractivity (Wildman–Crippen MR) is 133 cm³/mol.